The van der Waals surface area contributed by atoms with Gasteiger partial charge in [0.25, 0.3) is 0 Å². The smallest absolute Gasteiger partial charge is 0.131 e. The molecule has 3 N–H and O–H groups in total. The van der Waals surface area contributed by atoms with E-state index in [1.807, 2.05) is 0 Å². The van der Waals surface area contributed by atoms with E-state index in [1.165, 1.54) is 18.2 Å². The van der Waals surface area contributed by atoms with Crippen molar-refractivity contribution >= 4 is 0 Å². The number of benzene rings is 1. The van der Waals surface area contributed by atoms with E-state index in [1.54, 1.807) is 0 Å². The van der Waals surface area contributed by atoms with Crippen LogP contribution in [0, 0.1) is 23.0 Å². The number of rotatable bonds is 4. The standard InChI is InChI=1S/C15H21F2NO/c1-2-10-6-7-15(8-10,9-18)14(19)13-11(16)4-3-5-12(13)17/h3-5,10,14,19H,2,6-9,18H2,1H3. The number of hydrogen-bond acceptors (Lipinski definition) is 2. The van der Waals surface area contributed by atoms with Gasteiger partial charge in [0.05, 0.1) is 11.7 Å². The Kier molecular flexibility index (Phi) is 4.21. The summed E-state index contributed by atoms with van der Waals surface area (Å²) in [7, 11) is 0. The average Bonchev–Trinajstić information content (AvgIpc) is 2.83. The van der Waals surface area contributed by atoms with E-state index in [-0.39, 0.29) is 12.1 Å². The Labute approximate surface area is 112 Å². The van der Waals surface area contributed by atoms with Gasteiger partial charge in [0, 0.05) is 12.0 Å². The summed E-state index contributed by atoms with van der Waals surface area (Å²) >= 11 is 0. The van der Waals surface area contributed by atoms with Crippen molar-refractivity contribution in [3.63, 3.8) is 0 Å². The topological polar surface area (TPSA) is 46.2 Å². The molecule has 1 aliphatic rings. The van der Waals surface area contributed by atoms with Gasteiger partial charge in [-0.2, -0.15) is 0 Å². The van der Waals surface area contributed by atoms with E-state index in [9.17, 15) is 13.9 Å². The van der Waals surface area contributed by atoms with Crippen molar-refractivity contribution in [1.29, 1.82) is 0 Å². The van der Waals surface area contributed by atoms with Gasteiger partial charge in [0.15, 0.2) is 0 Å². The Balaban J connectivity index is 2.34. The molecule has 2 rings (SSSR count). The molecule has 0 amide bonds. The lowest BCUT2D eigenvalue weighted by Gasteiger charge is -2.34. The number of hydrogen-bond donors (Lipinski definition) is 2. The lowest BCUT2D eigenvalue weighted by atomic mass is 9.76. The van der Waals surface area contributed by atoms with E-state index < -0.39 is 23.2 Å². The van der Waals surface area contributed by atoms with Crippen LogP contribution in [0.1, 0.15) is 44.3 Å². The molecule has 0 saturated heterocycles. The van der Waals surface area contributed by atoms with Crippen LogP contribution >= 0.6 is 0 Å². The fourth-order valence-electron chi connectivity index (χ4n) is 3.24. The van der Waals surface area contributed by atoms with Crippen LogP contribution in [0.25, 0.3) is 0 Å². The number of aliphatic hydroxyl groups is 1. The van der Waals surface area contributed by atoms with Crippen LogP contribution in [-0.2, 0) is 0 Å². The third-order valence-electron chi connectivity index (χ3n) is 4.58. The number of aliphatic hydroxyl groups excluding tert-OH is 1. The van der Waals surface area contributed by atoms with Crippen molar-refractivity contribution in [2.75, 3.05) is 6.54 Å². The molecule has 19 heavy (non-hydrogen) atoms. The van der Waals surface area contributed by atoms with Crippen molar-refractivity contribution in [1.82, 2.24) is 0 Å². The van der Waals surface area contributed by atoms with Crippen LogP contribution in [0.15, 0.2) is 18.2 Å². The second-order valence-corrected chi connectivity index (χ2v) is 5.62. The maximum absolute atomic E-state index is 13.8. The molecule has 0 aromatic heterocycles. The van der Waals surface area contributed by atoms with Crippen molar-refractivity contribution in [2.45, 2.75) is 38.7 Å². The largest absolute Gasteiger partial charge is 0.388 e. The Morgan fingerprint density at radius 1 is 1.42 bits per heavy atom. The first-order chi connectivity index (χ1) is 9.04. The molecule has 3 atom stereocenters. The van der Waals surface area contributed by atoms with Gasteiger partial charge in [-0.1, -0.05) is 19.4 Å². The van der Waals surface area contributed by atoms with Gasteiger partial charge in [-0.15, -0.1) is 0 Å². The van der Waals surface area contributed by atoms with Gasteiger partial charge in [0.2, 0.25) is 0 Å². The summed E-state index contributed by atoms with van der Waals surface area (Å²) < 4.78 is 27.6. The third kappa shape index (κ3) is 2.51. The molecule has 1 aromatic rings. The summed E-state index contributed by atoms with van der Waals surface area (Å²) in [4.78, 5) is 0. The zero-order valence-electron chi connectivity index (χ0n) is 11.2. The summed E-state index contributed by atoms with van der Waals surface area (Å²) in [5.74, 6) is -0.909. The average molecular weight is 269 g/mol. The normalized spacial score (nSPS) is 28.6. The number of halogens is 2. The maximum Gasteiger partial charge on any atom is 0.131 e. The van der Waals surface area contributed by atoms with Crippen molar-refractivity contribution in [2.24, 2.45) is 17.1 Å². The molecule has 0 bridgehead atoms. The second-order valence-electron chi connectivity index (χ2n) is 5.62. The molecule has 1 saturated carbocycles. The molecule has 1 aromatic carbocycles. The Hall–Kier alpha value is -1.00. The van der Waals surface area contributed by atoms with Gasteiger partial charge in [-0.05, 0) is 37.3 Å². The van der Waals surface area contributed by atoms with Crippen molar-refractivity contribution in [3.8, 4) is 0 Å². The predicted octanol–water partition coefficient (Wildman–Crippen LogP) is 3.15. The summed E-state index contributed by atoms with van der Waals surface area (Å²) in [6, 6.07) is 3.66. The minimum atomic E-state index is -1.17. The van der Waals surface area contributed by atoms with E-state index in [0.29, 0.717) is 5.92 Å². The second kappa shape index (κ2) is 5.55. The third-order valence-corrected chi connectivity index (χ3v) is 4.58. The summed E-state index contributed by atoms with van der Waals surface area (Å²) in [6.45, 7) is 2.34. The molecule has 2 nitrogen and oxygen atoms in total. The molecule has 0 heterocycles. The fraction of sp³-hybridized carbons (Fsp3) is 0.600. The van der Waals surface area contributed by atoms with E-state index in [2.05, 4.69) is 6.92 Å². The van der Waals surface area contributed by atoms with Crippen molar-refractivity contribution < 1.29 is 13.9 Å². The first-order valence-electron chi connectivity index (χ1n) is 6.86. The van der Waals surface area contributed by atoms with Crippen LogP contribution in [-0.4, -0.2) is 11.7 Å². The zero-order chi connectivity index (χ0) is 14.0. The molecule has 4 heteroatoms. The van der Waals surface area contributed by atoms with Gasteiger partial charge in [-0.25, -0.2) is 8.78 Å². The number of nitrogens with two attached hydrogens (primary N) is 1. The quantitative estimate of drug-likeness (QED) is 0.882. The van der Waals surface area contributed by atoms with Crippen LogP contribution in [0.3, 0.4) is 0 Å². The lowest BCUT2D eigenvalue weighted by molar-refractivity contribution is 0.0246. The highest BCUT2D eigenvalue weighted by molar-refractivity contribution is 5.24. The van der Waals surface area contributed by atoms with E-state index >= 15 is 0 Å². The van der Waals surface area contributed by atoms with Gasteiger partial charge in [-0.3, -0.25) is 0 Å². The Morgan fingerprint density at radius 2 is 2.05 bits per heavy atom. The lowest BCUT2D eigenvalue weighted by Crippen LogP contribution is -2.35. The molecular weight excluding hydrogens is 248 g/mol. The monoisotopic (exact) mass is 269 g/mol. The van der Waals surface area contributed by atoms with E-state index in [4.69, 9.17) is 5.73 Å². The zero-order valence-corrected chi connectivity index (χ0v) is 11.2. The van der Waals surface area contributed by atoms with Crippen LogP contribution in [0.5, 0.6) is 0 Å². The molecule has 3 unspecified atom stereocenters. The molecule has 106 valence electrons. The molecular formula is C15H21F2NO. The van der Waals surface area contributed by atoms with Crippen LogP contribution < -0.4 is 5.73 Å². The van der Waals surface area contributed by atoms with Gasteiger partial charge in [0.1, 0.15) is 11.6 Å². The molecule has 1 fully saturated rings. The molecule has 1 aliphatic carbocycles. The van der Waals surface area contributed by atoms with Crippen molar-refractivity contribution in [3.05, 3.63) is 35.4 Å². The minimum absolute atomic E-state index is 0.232. The summed E-state index contributed by atoms with van der Waals surface area (Å²) in [6.07, 6.45) is 2.25. The van der Waals surface area contributed by atoms with Gasteiger partial charge >= 0.3 is 0 Å². The summed E-state index contributed by atoms with van der Waals surface area (Å²) in [5.41, 5.74) is 4.99. The highest BCUT2D eigenvalue weighted by Gasteiger charge is 2.45. The Bertz CT molecular complexity index is 432. The first-order valence-corrected chi connectivity index (χ1v) is 6.86. The Morgan fingerprint density at radius 3 is 2.53 bits per heavy atom. The molecule has 0 radical (unpaired) electrons. The SMILES string of the molecule is CCC1CCC(CN)(C(O)c2c(F)cccc2F)C1. The molecule has 0 spiro atoms. The highest BCUT2D eigenvalue weighted by atomic mass is 19.1. The maximum atomic E-state index is 13.8. The van der Waals surface area contributed by atoms with Gasteiger partial charge < -0.3 is 10.8 Å². The van der Waals surface area contributed by atoms with E-state index in [0.717, 1.165) is 25.7 Å². The minimum Gasteiger partial charge on any atom is -0.388 e. The van der Waals surface area contributed by atoms with Crippen LogP contribution in [0.4, 0.5) is 8.78 Å². The predicted molar refractivity (Wildman–Crippen MR) is 70.4 cm³/mol. The molecule has 0 aliphatic heterocycles. The fourth-order valence-corrected chi connectivity index (χ4v) is 3.24. The highest BCUT2D eigenvalue weighted by Crippen LogP contribution is 2.50. The summed E-state index contributed by atoms with van der Waals surface area (Å²) in [5, 5.41) is 10.5. The van der Waals surface area contributed by atoms with Crippen LogP contribution in [0.2, 0.25) is 0 Å². The first kappa shape index (κ1) is 14.4.